The topological polar surface area (TPSA) is 66.2 Å². The Morgan fingerprint density at radius 2 is 1.14 bits per heavy atom. The molecule has 0 rings (SSSR count). The van der Waals surface area contributed by atoms with Crippen LogP contribution < -0.4 is 12.4 Å². The predicted octanol–water partition coefficient (Wildman–Crippen LogP) is -4.00. The first-order valence-electron chi connectivity index (χ1n) is 0.548. The summed E-state index contributed by atoms with van der Waals surface area (Å²) in [6, 6.07) is 0. The Labute approximate surface area is 78.5 Å². The molecule has 0 amide bonds. The Morgan fingerprint density at radius 1 is 1.14 bits per heavy atom. The number of hydrogen-bond acceptors (Lipinski definition) is 3. The molecule has 0 aliphatic carbocycles. The monoisotopic (exact) mass is 145 g/mol. The maximum Gasteiger partial charge on any atom is 2.00 e. The van der Waals surface area contributed by atoms with Crippen molar-refractivity contribution < 1.29 is 17.5 Å². The van der Waals surface area contributed by atoms with Crippen molar-refractivity contribution >= 4 is 46.1 Å². The van der Waals surface area contributed by atoms with Crippen molar-refractivity contribution in [2.75, 3.05) is 0 Å². The molecule has 0 unspecified atom stereocenters. The Kier molecular flexibility index (Phi) is 55.0. The first-order valence-corrected chi connectivity index (χ1v) is 0.548. The first kappa shape index (κ1) is 24.5. The Hall–Kier alpha value is 1.02. The number of nitrogens with zero attached hydrogens (tertiary/aromatic N) is 1. The van der Waals surface area contributed by atoms with Crippen LogP contribution in [0.2, 0.25) is 0 Å². The van der Waals surface area contributed by atoms with Gasteiger partial charge in [0.15, 0.2) is 0 Å². The molecule has 7 heavy (non-hydrogen) atoms. The fraction of sp³-hybridized carbons (Fsp3) is 0. The van der Waals surface area contributed by atoms with Gasteiger partial charge in [-0.05, 0) is 0 Å². The minimum Gasteiger partial charge on any atom is -1.00 e. The van der Waals surface area contributed by atoms with Crippen molar-refractivity contribution in [3.63, 3.8) is 0 Å². The second-order valence-electron chi connectivity index (χ2n) is 0.224. The van der Waals surface area contributed by atoms with E-state index in [0.29, 0.717) is 0 Å². The van der Waals surface area contributed by atoms with Crippen LogP contribution in [-0.4, -0.2) is 51.2 Å². The number of halogens is 1. The van der Waals surface area contributed by atoms with Gasteiger partial charge in [0.05, 0.1) is 5.09 Å². The van der Waals surface area contributed by atoms with E-state index in [1.54, 1.807) is 0 Å². The molecule has 0 bridgehead atoms. The van der Waals surface area contributed by atoms with Gasteiger partial charge in [-0.3, -0.25) is 0 Å². The van der Waals surface area contributed by atoms with Gasteiger partial charge in [-0.2, -0.15) is 0 Å². The van der Waals surface area contributed by atoms with Crippen molar-refractivity contribution in [1.82, 2.24) is 0 Å². The third-order valence-electron chi connectivity index (χ3n) is 0. The zero-order valence-electron chi connectivity index (χ0n) is 3.46. The van der Waals surface area contributed by atoms with Gasteiger partial charge < -0.3 is 27.7 Å². The average Bonchev–Trinajstić information content (AvgIpc) is 0.811. The molecule has 0 fully saturated rings. The minimum atomic E-state index is -1.75. The van der Waals surface area contributed by atoms with Gasteiger partial charge in [-0.15, -0.1) is 0 Å². The van der Waals surface area contributed by atoms with Crippen LogP contribution in [0.25, 0.3) is 0 Å². The molecule has 0 atom stereocenters. The fourth-order valence-electron chi connectivity index (χ4n) is 0. The van der Waals surface area contributed by atoms with Gasteiger partial charge >= 0.3 is 46.1 Å². The summed E-state index contributed by atoms with van der Waals surface area (Å²) < 4.78 is 0. The summed E-state index contributed by atoms with van der Waals surface area (Å²) in [5.41, 5.74) is 0. The largest absolute Gasteiger partial charge is 2.00 e. The summed E-state index contributed by atoms with van der Waals surface area (Å²) in [5.74, 6) is 0. The second kappa shape index (κ2) is 15.7. The normalized spacial score (nSPS) is 3.43. The van der Waals surface area contributed by atoms with Crippen LogP contribution in [0, 0.1) is 15.3 Å². The van der Waals surface area contributed by atoms with Crippen molar-refractivity contribution in [2.45, 2.75) is 0 Å². The summed E-state index contributed by atoms with van der Waals surface area (Å²) in [7, 11) is 0. The van der Waals surface area contributed by atoms with Crippen LogP contribution in [0.15, 0.2) is 0 Å². The van der Waals surface area contributed by atoms with Gasteiger partial charge in [0, 0.05) is 0 Å². The zero-order chi connectivity index (χ0) is 3.58. The van der Waals surface area contributed by atoms with E-state index in [1.165, 1.54) is 0 Å². The van der Waals surface area contributed by atoms with Gasteiger partial charge in [-0.25, -0.2) is 0 Å². The molecule has 0 aliphatic rings. The summed E-state index contributed by atoms with van der Waals surface area (Å²) >= 11 is 0. The standard InChI is InChI=1S/ClH.2Mg.NO3/c;;;2-1(3)4/h1H;;;/q;2*+2;-1/p-1. The summed E-state index contributed by atoms with van der Waals surface area (Å²) in [6.07, 6.45) is 0. The van der Waals surface area contributed by atoms with E-state index in [-0.39, 0.29) is 58.5 Å². The van der Waals surface area contributed by atoms with E-state index < -0.39 is 5.09 Å². The molecule has 32 valence electrons. The molecule has 0 aromatic rings. The van der Waals surface area contributed by atoms with Crippen LogP contribution in [0.3, 0.4) is 0 Å². The van der Waals surface area contributed by atoms with Crippen LogP contribution in [0.5, 0.6) is 0 Å². The molecule has 0 saturated carbocycles. The number of rotatable bonds is 0. The predicted molar refractivity (Wildman–Crippen MR) is 21.9 cm³/mol. The summed E-state index contributed by atoms with van der Waals surface area (Å²) in [6.45, 7) is 0. The zero-order valence-corrected chi connectivity index (χ0v) is 7.05. The maximum atomic E-state index is 8.25. The molecule has 0 heterocycles. The maximum absolute atomic E-state index is 8.25. The Balaban J connectivity index is -0.0000000150. The smallest absolute Gasteiger partial charge is 1.00 e. The van der Waals surface area contributed by atoms with E-state index in [0.717, 1.165) is 0 Å². The van der Waals surface area contributed by atoms with E-state index in [2.05, 4.69) is 0 Å². The third-order valence-corrected chi connectivity index (χ3v) is 0. The third kappa shape index (κ3) is 169. The Bertz CT molecular complexity index is 35.9. The van der Waals surface area contributed by atoms with E-state index in [1.807, 2.05) is 0 Å². The van der Waals surface area contributed by atoms with Crippen LogP contribution in [0.1, 0.15) is 0 Å². The van der Waals surface area contributed by atoms with Crippen LogP contribution in [0.4, 0.5) is 0 Å². The second-order valence-corrected chi connectivity index (χ2v) is 0.224. The summed E-state index contributed by atoms with van der Waals surface area (Å²) in [4.78, 5) is 8.25. The molecule has 0 spiro atoms. The van der Waals surface area contributed by atoms with E-state index >= 15 is 0 Å². The quantitative estimate of drug-likeness (QED) is 0.199. The van der Waals surface area contributed by atoms with Crippen LogP contribution >= 0.6 is 0 Å². The molecular weight excluding hydrogens is 146 g/mol. The van der Waals surface area contributed by atoms with E-state index in [9.17, 15) is 0 Å². The molecule has 7 heteroatoms. The number of hydrogen-bond donors (Lipinski definition) is 0. The molecule has 0 aromatic carbocycles. The van der Waals surface area contributed by atoms with Crippen LogP contribution in [-0.2, 0) is 0 Å². The fourth-order valence-corrected chi connectivity index (χ4v) is 0. The molecule has 0 radical (unpaired) electrons. The molecule has 0 aromatic heterocycles. The first-order chi connectivity index (χ1) is 1.73. The molecular formula is ClMg2NO3+2. The van der Waals surface area contributed by atoms with E-state index in [4.69, 9.17) is 15.3 Å². The van der Waals surface area contributed by atoms with Gasteiger partial charge in [0.25, 0.3) is 0 Å². The molecule has 0 saturated heterocycles. The molecule has 4 nitrogen and oxygen atoms in total. The molecule has 0 aliphatic heterocycles. The molecule has 0 N–H and O–H groups in total. The van der Waals surface area contributed by atoms with Gasteiger partial charge in [-0.1, -0.05) is 0 Å². The van der Waals surface area contributed by atoms with Crippen molar-refractivity contribution in [3.05, 3.63) is 15.3 Å². The van der Waals surface area contributed by atoms with Crippen molar-refractivity contribution in [1.29, 1.82) is 0 Å². The summed E-state index contributed by atoms with van der Waals surface area (Å²) in [5, 5.41) is 14.8. The minimum absolute atomic E-state index is 0. The average molecular weight is 146 g/mol. The van der Waals surface area contributed by atoms with Gasteiger partial charge in [0.1, 0.15) is 0 Å². The van der Waals surface area contributed by atoms with Crippen molar-refractivity contribution in [2.24, 2.45) is 0 Å². The van der Waals surface area contributed by atoms with Crippen molar-refractivity contribution in [3.8, 4) is 0 Å². The SMILES string of the molecule is O=[N+]([O-])[O-].[Cl-].[Mg+2].[Mg+2]. The Morgan fingerprint density at radius 3 is 1.14 bits per heavy atom. The van der Waals surface area contributed by atoms with Gasteiger partial charge in [0.2, 0.25) is 0 Å².